The SMILES string of the molecule is CC(C)N1CCC1N(C)C. The summed E-state index contributed by atoms with van der Waals surface area (Å²) in [4.78, 5) is 4.81. The van der Waals surface area contributed by atoms with E-state index in [1.54, 1.807) is 0 Å². The van der Waals surface area contributed by atoms with Gasteiger partial charge in [-0.1, -0.05) is 0 Å². The Kier molecular flexibility index (Phi) is 2.32. The standard InChI is InChI=1S/C8H18N2/c1-7(2)10-6-5-8(10)9(3)4/h7-8H,5-6H2,1-4H3. The quantitative estimate of drug-likeness (QED) is 0.567. The first-order valence-electron chi connectivity index (χ1n) is 4.05. The second-order valence-corrected chi connectivity index (χ2v) is 3.56. The molecule has 0 spiro atoms. The third-order valence-electron chi connectivity index (χ3n) is 2.29. The van der Waals surface area contributed by atoms with E-state index in [-0.39, 0.29) is 0 Å². The van der Waals surface area contributed by atoms with Crippen molar-refractivity contribution in [1.29, 1.82) is 0 Å². The van der Waals surface area contributed by atoms with Crippen LogP contribution in [0.1, 0.15) is 20.3 Å². The van der Waals surface area contributed by atoms with Crippen LogP contribution in [0.3, 0.4) is 0 Å². The van der Waals surface area contributed by atoms with Gasteiger partial charge in [0.2, 0.25) is 0 Å². The molecule has 60 valence electrons. The lowest BCUT2D eigenvalue weighted by Crippen LogP contribution is -2.57. The first-order chi connectivity index (χ1) is 4.63. The molecule has 1 aliphatic rings. The third-order valence-corrected chi connectivity index (χ3v) is 2.29. The Bertz CT molecular complexity index is 95.8. The molecule has 0 N–H and O–H groups in total. The van der Waals surface area contributed by atoms with E-state index in [2.05, 4.69) is 37.7 Å². The summed E-state index contributed by atoms with van der Waals surface area (Å²) in [6.45, 7) is 5.80. The van der Waals surface area contributed by atoms with E-state index in [0.29, 0.717) is 12.2 Å². The van der Waals surface area contributed by atoms with Crippen molar-refractivity contribution in [3.05, 3.63) is 0 Å². The van der Waals surface area contributed by atoms with Crippen LogP contribution in [-0.2, 0) is 0 Å². The molecule has 0 aliphatic carbocycles. The smallest absolute Gasteiger partial charge is 0.0632 e. The predicted molar refractivity (Wildman–Crippen MR) is 43.9 cm³/mol. The highest BCUT2D eigenvalue weighted by Crippen LogP contribution is 2.21. The molecule has 0 saturated carbocycles. The minimum absolute atomic E-state index is 0.708. The van der Waals surface area contributed by atoms with E-state index >= 15 is 0 Å². The highest BCUT2D eigenvalue weighted by molar-refractivity contribution is 4.82. The van der Waals surface area contributed by atoms with Crippen molar-refractivity contribution >= 4 is 0 Å². The third kappa shape index (κ3) is 1.32. The molecule has 0 amide bonds. The Morgan fingerprint density at radius 1 is 1.40 bits per heavy atom. The Morgan fingerprint density at radius 2 is 2.00 bits per heavy atom. The fourth-order valence-corrected chi connectivity index (χ4v) is 1.55. The number of likely N-dealkylation sites (tertiary alicyclic amines) is 1. The largest absolute Gasteiger partial charge is 0.294 e. The Hall–Kier alpha value is -0.0800. The summed E-state index contributed by atoms with van der Waals surface area (Å²) < 4.78 is 0. The summed E-state index contributed by atoms with van der Waals surface area (Å²) in [5, 5.41) is 0. The van der Waals surface area contributed by atoms with Crippen molar-refractivity contribution in [3.63, 3.8) is 0 Å². The van der Waals surface area contributed by atoms with Gasteiger partial charge in [-0.2, -0.15) is 0 Å². The van der Waals surface area contributed by atoms with Gasteiger partial charge in [0.1, 0.15) is 0 Å². The van der Waals surface area contributed by atoms with E-state index in [4.69, 9.17) is 0 Å². The topological polar surface area (TPSA) is 6.48 Å². The number of nitrogens with zero attached hydrogens (tertiary/aromatic N) is 2. The molecule has 1 atom stereocenters. The molecule has 1 fully saturated rings. The monoisotopic (exact) mass is 142 g/mol. The van der Waals surface area contributed by atoms with E-state index in [0.717, 1.165) is 0 Å². The molecule has 0 aromatic rings. The Morgan fingerprint density at radius 3 is 2.10 bits per heavy atom. The van der Waals surface area contributed by atoms with E-state index in [1.165, 1.54) is 13.0 Å². The van der Waals surface area contributed by atoms with Gasteiger partial charge in [0.25, 0.3) is 0 Å². The second-order valence-electron chi connectivity index (χ2n) is 3.56. The molecular formula is C8H18N2. The lowest BCUT2D eigenvalue weighted by Gasteiger charge is -2.47. The molecule has 0 radical (unpaired) electrons. The predicted octanol–water partition coefficient (Wildman–Crippen LogP) is 0.988. The molecule has 0 bridgehead atoms. The maximum Gasteiger partial charge on any atom is 0.0632 e. The zero-order valence-corrected chi connectivity index (χ0v) is 7.46. The fourth-order valence-electron chi connectivity index (χ4n) is 1.55. The highest BCUT2D eigenvalue weighted by atomic mass is 15.4. The van der Waals surface area contributed by atoms with E-state index < -0.39 is 0 Å². The molecule has 10 heavy (non-hydrogen) atoms. The summed E-state index contributed by atoms with van der Waals surface area (Å²) in [7, 11) is 4.30. The van der Waals surface area contributed by atoms with Crippen molar-refractivity contribution in [2.45, 2.75) is 32.5 Å². The van der Waals surface area contributed by atoms with Crippen LogP contribution in [0.5, 0.6) is 0 Å². The fraction of sp³-hybridized carbons (Fsp3) is 1.00. The maximum absolute atomic E-state index is 2.51. The van der Waals surface area contributed by atoms with Crippen molar-refractivity contribution in [2.24, 2.45) is 0 Å². The van der Waals surface area contributed by atoms with Crippen LogP contribution < -0.4 is 0 Å². The van der Waals surface area contributed by atoms with Crippen LogP contribution in [0, 0.1) is 0 Å². The molecule has 1 unspecified atom stereocenters. The Labute approximate surface area is 63.8 Å². The minimum atomic E-state index is 0.708. The summed E-state index contributed by atoms with van der Waals surface area (Å²) in [6.07, 6.45) is 2.05. The lowest BCUT2D eigenvalue weighted by atomic mass is 10.1. The minimum Gasteiger partial charge on any atom is -0.294 e. The molecule has 0 aromatic heterocycles. The van der Waals surface area contributed by atoms with Crippen LogP contribution in [0.15, 0.2) is 0 Å². The van der Waals surface area contributed by atoms with Crippen LogP contribution >= 0.6 is 0 Å². The normalized spacial score (nSPS) is 27.6. The van der Waals surface area contributed by atoms with Crippen molar-refractivity contribution < 1.29 is 0 Å². The van der Waals surface area contributed by atoms with Gasteiger partial charge in [-0.05, 0) is 34.4 Å². The first-order valence-corrected chi connectivity index (χ1v) is 4.05. The summed E-state index contributed by atoms with van der Waals surface area (Å²) >= 11 is 0. The zero-order chi connectivity index (χ0) is 7.72. The van der Waals surface area contributed by atoms with Crippen LogP contribution in [0.4, 0.5) is 0 Å². The molecule has 2 nitrogen and oxygen atoms in total. The summed E-state index contributed by atoms with van der Waals surface area (Å²) in [5.74, 6) is 0. The van der Waals surface area contributed by atoms with Crippen LogP contribution in [0.2, 0.25) is 0 Å². The van der Waals surface area contributed by atoms with Gasteiger partial charge in [0, 0.05) is 12.6 Å². The van der Waals surface area contributed by atoms with Crippen molar-refractivity contribution in [2.75, 3.05) is 20.6 Å². The lowest BCUT2D eigenvalue weighted by molar-refractivity contribution is -0.0304. The molecule has 1 aliphatic heterocycles. The second kappa shape index (κ2) is 2.89. The van der Waals surface area contributed by atoms with E-state index in [1.807, 2.05) is 0 Å². The van der Waals surface area contributed by atoms with Crippen LogP contribution in [0.25, 0.3) is 0 Å². The zero-order valence-electron chi connectivity index (χ0n) is 7.46. The number of rotatable bonds is 2. The number of hydrogen-bond acceptors (Lipinski definition) is 2. The van der Waals surface area contributed by atoms with Gasteiger partial charge >= 0.3 is 0 Å². The van der Waals surface area contributed by atoms with Gasteiger partial charge in [0.05, 0.1) is 6.17 Å². The molecule has 1 heterocycles. The van der Waals surface area contributed by atoms with Crippen molar-refractivity contribution in [1.82, 2.24) is 9.80 Å². The summed E-state index contributed by atoms with van der Waals surface area (Å²) in [5.41, 5.74) is 0. The van der Waals surface area contributed by atoms with Crippen molar-refractivity contribution in [3.8, 4) is 0 Å². The van der Waals surface area contributed by atoms with E-state index in [9.17, 15) is 0 Å². The maximum atomic E-state index is 2.51. The molecule has 1 saturated heterocycles. The molecule has 0 aromatic carbocycles. The first kappa shape index (κ1) is 8.02. The van der Waals surface area contributed by atoms with Gasteiger partial charge in [-0.15, -0.1) is 0 Å². The average molecular weight is 142 g/mol. The Balaban J connectivity index is 2.36. The van der Waals surface area contributed by atoms with Crippen LogP contribution in [-0.4, -0.2) is 42.6 Å². The van der Waals surface area contributed by atoms with Gasteiger partial charge < -0.3 is 0 Å². The van der Waals surface area contributed by atoms with Gasteiger partial charge in [0.15, 0.2) is 0 Å². The molecule has 2 heteroatoms. The molecule has 1 rings (SSSR count). The van der Waals surface area contributed by atoms with Gasteiger partial charge in [-0.25, -0.2) is 0 Å². The number of hydrogen-bond donors (Lipinski definition) is 0. The van der Waals surface area contributed by atoms with Gasteiger partial charge in [-0.3, -0.25) is 9.80 Å². The summed E-state index contributed by atoms with van der Waals surface area (Å²) in [6, 6.07) is 0.709. The highest BCUT2D eigenvalue weighted by Gasteiger charge is 2.30. The average Bonchev–Trinajstić information content (AvgIpc) is 1.56. The molecular weight excluding hydrogens is 124 g/mol.